The van der Waals surface area contributed by atoms with Crippen molar-refractivity contribution in [2.45, 2.75) is 0 Å². The predicted octanol–water partition coefficient (Wildman–Crippen LogP) is 11.5. The maximum atomic E-state index is 12.2. The van der Waals surface area contributed by atoms with E-state index >= 15 is 0 Å². The zero-order valence-corrected chi connectivity index (χ0v) is 27.9. The number of halogens is 8. The topological polar surface area (TPSA) is 68.3 Å². The first-order valence-corrected chi connectivity index (χ1v) is 15.1. The number of hydrogen-bond donors (Lipinski definition) is 0. The van der Waals surface area contributed by atoms with Crippen LogP contribution in [0.3, 0.4) is 0 Å². The summed E-state index contributed by atoms with van der Waals surface area (Å²) < 4.78 is 0. The van der Waals surface area contributed by atoms with Crippen molar-refractivity contribution in [3.8, 4) is 0 Å². The number of carbonyl (C=O) groups is 4. The Labute approximate surface area is 292 Å². The molecule has 0 spiro atoms. The van der Waals surface area contributed by atoms with Gasteiger partial charge in [0.2, 0.25) is 23.1 Å². The first kappa shape index (κ1) is 35.8. The molecule has 0 fully saturated rings. The number of allylic oxidation sites excluding steroid dienone is 4. The minimum Gasteiger partial charge on any atom is -0.288 e. The summed E-state index contributed by atoms with van der Waals surface area (Å²) in [7, 11) is 0. The zero-order chi connectivity index (χ0) is 32.6. The highest BCUT2D eigenvalue weighted by molar-refractivity contribution is 6.57. The summed E-state index contributed by atoms with van der Waals surface area (Å²) in [6, 6.07) is 24.4. The SMILES string of the molecule is O=C(/C(Cl)=C(/Cl)C(=O)c1ccc(Cl)cc1)c1ccc(Cl)cc1.O=C(/C(Cl)=C(/Cl)C(=O)c1ccc(Cl)cc1)c1ccc(Cl)cc1. The van der Waals surface area contributed by atoms with E-state index in [1.54, 1.807) is 48.5 Å². The molecule has 4 rings (SSSR count). The van der Waals surface area contributed by atoms with Gasteiger partial charge in [-0.05, 0) is 97.1 Å². The number of benzene rings is 4. The van der Waals surface area contributed by atoms with Crippen molar-refractivity contribution < 1.29 is 19.2 Å². The molecule has 0 N–H and O–H groups in total. The summed E-state index contributed by atoms with van der Waals surface area (Å²) in [5.41, 5.74) is 1.15. The summed E-state index contributed by atoms with van der Waals surface area (Å²) >= 11 is 46.8. The molecule has 0 aliphatic heterocycles. The van der Waals surface area contributed by atoms with Crippen molar-refractivity contribution in [2.75, 3.05) is 0 Å². The van der Waals surface area contributed by atoms with Crippen LogP contribution in [0.4, 0.5) is 0 Å². The second-order valence-electron chi connectivity index (χ2n) is 8.60. The van der Waals surface area contributed by atoms with Gasteiger partial charge in [-0.25, -0.2) is 0 Å². The molecule has 0 radical (unpaired) electrons. The molecular weight excluding hydrogens is 732 g/mol. The highest BCUT2D eigenvalue weighted by Crippen LogP contribution is 2.26. The fraction of sp³-hybridized carbons (Fsp3) is 0. The number of ketones is 4. The van der Waals surface area contributed by atoms with Gasteiger partial charge in [-0.1, -0.05) is 92.8 Å². The van der Waals surface area contributed by atoms with E-state index in [9.17, 15) is 19.2 Å². The Balaban J connectivity index is 0.000000240. The molecule has 4 nitrogen and oxygen atoms in total. The molecule has 0 atom stereocenters. The van der Waals surface area contributed by atoms with Gasteiger partial charge in [-0.2, -0.15) is 0 Å². The lowest BCUT2D eigenvalue weighted by Crippen LogP contribution is -2.06. The standard InChI is InChI=1S/2C16H8Cl4O2/c2*17-11-5-1-9(2-6-11)15(21)13(19)14(20)16(22)10-3-7-12(18)8-4-10/h2*1-8H/b2*14-13-. The smallest absolute Gasteiger partial charge is 0.206 e. The second-order valence-corrected chi connectivity index (χ2v) is 11.9. The fourth-order valence-electron chi connectivity index (χ4n) is 3.31. The minimum absolute atomic E-state index is 0.288. The van der Waals surface area contributed by atoms with Crippen LogP contribution in [0.5, 0.6) is 0 Å². The Kier molecular flexibility index (Phi) is 13.5. The van der Waals surface area contributed by atoms with Crippen molar-refractivity contribution in [3.63, 3.8) is 0 Å². The van der Waals surface area contributed by atoms with E-state index < -0.39 is 23.1 Å². The first-order chi connectivity index (χ1) is 20.8. The highest BCUT2D eigenvalue weighted by Gasteiger charge is 2.21. The average Bonchev–Trinajstić information content (AvgIpc) is 3.03. The van der Waals surface area contributed by atoms with Crippen LogP contribution in [0.2, 0.25) is 20.1 Å². The lowest BCUT2D eigenvalue weighted by atomic mass is 10.1. The molecule has 12 heteroatoms. The number of Topliss-reactive ketones (excluding diaryl/α,β-unsaturated/α-hetero) is 4. The van der Waals surface area contributed by atoms with E-state index in [0.29, 0.717) is 20.1 Å². The number of rotatable bonds is 8. The van der Waals surface area contributed by atoms with Gasteiger partial charge in [-0.15, -0.1) is 0 Å². The van der Waals surface area contributed by atoms with Crippen LogP contribution < -0.4 is 0 Å². The third-order valence-electron chi connectivity index (χ3n) is 5.61. The lowest BCUT2D eigenvalue weighted by Gasteiger charge is -2.04. The Bertz CT molecular complexity index is 1500. The fourth-order valence-corrected chi connectivity index (χ4v) is 4.59. The summed E-state index contributed by atoms with van der Waals surface area (Å²) in [5.74, 6) is -2.20. The van der Waals surface area contributed by atoms with Crippen LogP contribution in [0, 0.1) is 0 Å². The molecule has 0 amide bonds. The molecular formula is C32H16Cl8O4. The second kappa shape index (κ2) is 16.6. The third-order valence-corrected chi connectivity index (χ3v) is 8.25. The van der Waals surface area contributed by atoms with Crippen molar-refractivity contribution in [1.29, 1.82) is 0 Å². The van der Waals surface area contributed by atoms with E-state index in [1.807, 2.05) is 0 Å². The van der Waals surface area contributed by atoms with Gasteiger partial charge in [0, 0.05) is 42.3 Å². The van der Waals surface area contributed by atoms with Crippen LogP contribution in [0.1, 0.15) is 41.4 Å². The van der Waals surface area contributed by atoms with Gasteiger partial charge in [0.1, 0.15) is 20.1 Å². The van der Waals surface area contributed by atoms with Gasteiger partial charge in [0.25, 0.3) is 0 Å². The Hall–Kier alpha value is -2.64. The van der Waals surface area contributed by atoms with Crippen molar-refractivity contribution in [1.82, 2.24) is 0 Å². The summed E-state index contributed by atoms with van der Waals surface area (Å²) in [6.07, 6.45) is 0. The molecule has 0 bridgehead atoms. The van der Waals surface area contributed by atoms with Crippen LogP contribution in [-0.4, -0.2) is 23.1 Å². The number of hydrogen-bond acceptors (Lipinski definition) is 4. The minimum atomic E-state index is -0.550. The van der Waals surface area contributed by atoms with E-state index in [4.69, 9.17) is 92.8 Å². The highest BCUT2D eigenvalue weighted by atomic mass is 35.5. The van der Waals surface area contributed by atoms with E-state index in [1.165, 1.54) is 48.5 Å². The molecule has 224 valence electrons. The van der Waals surface area contributed by atoms with Crippen LogP contribution in [0.15, 0.2) is 117 Å². The van der Waals surface area contributed by atoms with Gasteiger partial charge >= 0.3 is 0 Å². The van der Waals surface area contributed by atoms with Crippen LogP contribution in [0.25, 0.3) is 0 Å². The Morgan fingerprint density at radius 3 is 0.568 bits per heavy atom. The first-order valence-electron chi connectivity index (χ1n) is 12.1. The number of carbonyl (C=O) groups excluding carboxylic acids is 4. The molecule has 0 aromatic heterocycles. The van der Waals surface area contributed by atoms with Gasteiger partial charge < -0.3 is 0 Å². The molecule has 0 unspecified atom stereocenters. The molecule has 4 aromatic carbocycles. The molecule has 44 heavy (non-hydrogen) atoms. The summed E-state index contributed by atoms with van der Waals surface area (Å²) in [6.45, 7) is 0. The third kappa shape index (κ3) is 9.68. The van der Waals surface area contributed by atoms with Crippen molar-refractivity contribution in [3.05, 3.63) is 160 Å². The van der Waals surface area contributed by atoms with Gasteiger partial charge in [-0.3, -0.25) is 19.2 Å². The molecule has 0 aliphatic rings. The largest absolute Gasteiger partial charge is 0.288 e. The zero-order valence-electron chi connectivity index (χ0n) is 21.9. The predicted molar refractivity (Wildman–Crippen MR) is 181 cm³/mol. The molecule has 0 saturated heterocycles. The van der Waals surface area contributed by atoms with Gasteiger partial charge in [0.15, 0.2) is 0 Å². The maximum absolute atomic E-state index is 12.2. The average molecular weight is 748 g/mol. The van der Waals surface area contributed by atoms with Crippen molar-refractivity contribution >= 4 is 116 Å². The molecule has 0 saturated carbocycles. The summed E-state index contributed by atoms with van der Waals surface area (Å²) in [4.78, 5) is 48.8. The van der Waals surface area contributed by atoms with E-state index in [2.05, 4.69) is 0 Å². The van der Waals surface area contributed by atoms with Crippen LogP contribution >= 0.6 is 92.8 Å². The molecule has 4 aromatic rings. The van der Waals surface area contributed by atoms with Crippen molar-refractivity contribution in [2.24, 2.45) is 0 Å². The quantitative estimate of drug-likeness (QED) is 0.133. The lowest BCUT2D eigenvalue weighted by molar-refractivity contribution is 0.101. The monoisotopic (exact) mass is 744 g/mol. The summed E-state index contributed by atoms with van der Waals surface area (Å²) in [5, 5.41) is 0.570. The Morgan fingerprint density at radius 2 is 0.432 bits per heavy atom. The maximum Gasteiger partial charge on any atom is 0.206 e. The molecule has 0 heterocycles. The molecule has 0 aliphatic carbocycles. The van der Waals surface area contributed by atoms with E-state index in [0.717, 1.165) is 0 Å². The Morgan fingerprint density at radius 1 is 0.295 bits per heavy atom. The van der Waals surface area contributed by atoms with E-state index in [-0.39, 0.29) is 42.4 Å². The normalized spacial score (nSPS) is 11.8. The van der Waals surface area contributed by atoms with Gasteiger partial charge in [0.05, 0.1) is 0 Å². The van der Waals surface area contributed by atoms with Crippen LogP contribution in [-0.2, 0) is 0 Å².